The van der Waals surface area contributed by atoms with Gasteiger partial charge in [-0.3, -0.25) is 4.98 Å². The number of rotatable bonds is 10. The highest BCUT2D eigenvalue weighted by molar-refractivity contribution is 7.99. The van der Waals surface area contributed by atoms with Crippen molar-refractivity contribution in [3.8, 4) is 0 Å². The van der Waals surface area contributed by atoms with E-state index in [0.29, 0.717) is 40.0 Å². The molecule has 2 atom stereocenters. The summed E-state index contributed by atoms with van der Waals surface area (Å²) in [7, 11) is -1.91. The molecule has 0 bridgehead atoms. The molecule has 3 rings (SSSR count). The summed E-state index contributed by atoms with van der Waals surface area (Å²) in [6.45, 7) is 18.1. The average Bonchev–Trinajstić information content (AvgIpc) is 3.11. The zero-order valence-electron chi connectivity index (χ0n) is 21.8. The number of nitrogens with two attached hydrogens (primary N) is 1. The van der Waals surface area contributed by atoms with E-state index in [4.69, 9.17) is 15.1 Å². The van der Waals surface area contributed by atoms with E-state index in [-0.39, 0.29) is 22.1 Å². The Bertz CT molecular complexity index is 1150. The van der Waals surface area contributed by atoms with Crippen molar-refractivity contribution in [1.82, 2.24) is 19.9 Å². The number of thiazole rings is 1. The quantitative estimate of drug-likeness (QED) is 0.164. The van der Waals surface area contributed by atoms with E-state index in [2.05, 4.69) is 68.0 Å². The van der Waals surface area contributed by atoms with E-state index < -0.39 is 8.32 Å². The van der Waals surface area contributed by atoms with Crippen molar-refractivity contribution in [2.75, 3.05) is 17.7 Å². The fourth-order valence-electron chi connectivity index (χ4n) is 3.34. The summed E-state index contributed by atoms with van der Waals surface area (Å²) in [5, 5.41) is 4.40. The molecule has 1 unspecified atom stereocenters. The molecule has 0 aliphatic carbocycles. The molecule has 0 saturated carbocycles. The second-order valence-electron chi connectivity index (χ2n) is 10.7. The topological polar surface area (TPSA) is 98.8 Å². The molecule has 0 radical (unpaired) electrons. The van der Waals surface area contributed by atoms with Crippen molar-refractivity contribution >= 4 is 52.7 Å². The lowest BCUT2D eigenvalue weighted by molar-refractivity contribution is 0.257. The summed E-state index contributed by atoms with van der Waals surface area (Å²) in [6, 6.07) is 3.06. The van der Waals surface area contributed by atoms with Crippen LogP contribution in [-0.4, -0.2) is 40.9 Å². The van der Waals surface area contributed by atoms with Gasteiger partial charge in [0.05, 0.1) is 17.6 Å². The average molecular weight is 537 g/mol. The van der Waals surface area contributed by atoms with Crippen LogP contribution in [0, 0.1) is 11.7 Å². The van der Waals surface area contributed by atoms with Crippen LogP contribution in [-0.2, 0) is 4.43 Å². The van der Waals surface area contributed by atoms with Gasteiger partial charge in [-0.1, -0.05) is 57.7 Å². The molecule has 3 aromatic heterocycles. The molecule has 0 aliphatic heterocycles. The minimum absolute atomic E-state index is 0.0639. The van der Waals surface area contributed by atoms with Crippen molar-refractivity contribution in [3.05, 3.63) is 29.8 Å². The number of nitrogen functional groups attached to an aromatic ring is 1. The second kappa shape index (κ2) is 11.1. The van der Waals surface area contributed by atoms with E-state index >= 15 is 0 Å². The zero-order chi connectivity index (χ0) is 26.0. The number of halogens is 1. The summed E-state index contributed by atoms with van der Waals surface area (Å²) < 4.78 is 21.6. The maximum Gasteiger partial charge on any atom is 0.192 e. The lowest BCUT2D eigenvalue weighted by atomic mass is 10.0. The predicted octanol–water partition coefficient (Wildman–Crippen LogP) is 6.90. The molecule has 0 amide bonds. The monoisotopic (exact) mass is 536 g/mol. The first-order chi connectivity index (χ1) is 16.3. The molecule has 11 heteroatoms. The Morgan fingerprint density at radius 3 is 2.54 bits per heavy atom. The Labute approximate surface area is 217 Å². The van der Waals surface area contributed by atoms with Gasteiger partial charge in [0, 0.05) is 12.2 Å². The molecule has 35 heavy (non-hydrogen) atoms. The molecule has 7 nitrogen and oxygen atoms in total. The van der Waals surface area contributed by atoms with E-state index in [1.165, 1.54) is 29.2 Å². The summed E-state index contributed by atoms with van der Waals surface area (Å²) in [6.07, 6.45) is 2.51. The molecule has 3 aromatic rings. The summed E-state index contributed by atoms with van der Waals surface area (Å²) in [4.78, 5) is 18.0. The highest BCUT2D eigenvalue weighted by Crippen LogP contribution is 2.38. The smallest absolute Gasteiger partial charge is 0.192 e. The lowest BCUT2D eigenvalue weighted by Crippen LogP contribution is -2.44. The van der Waals surface area contributed by atoms with Crippen LogP contribution in [0.4, 0.5) is 15.3 Å². The predicted molar refractivity (Wildman–Crippen MR) is 148 cm³/mol. The number of thioether (sulfide) groups is 1. The third-order valence-electron chi connectivity index (χ3n) is 6.25. The van der Waals surface area contributed by atoms with Crippen LogP contribution in [0.15, 0.2) is 23.5 Å². The number of aromatic nitrogens is 4. The fraction of sp³-hybridized carbons (Fsp3) is 0.583. The van der Waals surface area contributed by atoms with Crippen LogP contribution in [0.5, 0.6) is 0 Å². The standard InChI is InChI=1S/C24H37FN6OS2Si/c1-14(2)12-16(13-32-35(7,8)24(4,5)6)28-20-19-21(29-22(26)34-19)31-23(30-20)33-15(3)18-17(25)10-9-11-27-18/h9-11,14-16H,12-13H2,1-8H3,(H3,26,28,29,30,31)/t15?,16-/m1/s1. The molecule has 0 aromatic carbocycles. The van der Waals surface area contributed by atoms with E-state index in [0.717, 1.165) is 11.1 Å². The number of nitrogens with zero attached hydrogens (tertiary/aromatic N) is 4. The number of hydrogen-bond donors (Lipinski definition) is 2. The molecular formula is C24H37FN6OS2Si. The molecule has 192 valence electrons. The fourth-order valence-corrected chi connectivity index (χ4v) is 6.00. The minimum Gasteiger partial charge on any atom is -0.415 e. The Morgan fingerprint density at radius 1 is 1.20 bits per heavy atom. The van der Waals surface area contributed by atoms with E-state index in [1.54, 1.807) is 12.3 Å². The van der Waals surface area contributed by atoms with Crippen LogP contribution in [0.2, 0.25) is 18.1 Å². The largest absolute Gasteiger partial charge is 0.415 e. The van der Waals surface area contributed by atoms with Gasteiger partial charge in [-0.05, 0) is 49.5 Å². The van der Waals surface area contributed by atoms with Crippen molar-refractivity contribution in [3.63, 3.8) is 0 Å². The molecule has 0 aliphatic rings. The van der Waals surface area contributed by atoms with Crippen molar-refractivity contribution < 1.29 is 8.82 Å². The van der Waals surface area contributed by atoms with E-state index in [9.17, 15) is 4.39 Å². The van der Waals surface area contributed by atoms with Crippen molar-refractivity contribution in [1.29, 1.82) is 0 Å². The number of fused-ring (bicyclic) bond motifs is 1. The Kier molecular flexibility index (Phi) is 8.77. The molecule has 0 spiro atoms. The number of hydrogen-bond acceptors (Lipinski definition) is 9. The first-order valence-corrected chi connectivity index (χ1v) is 16.5. The van der Waals surface area contributed by atoms with Crippen LogP contribution in [0.1, 0.15) is 58.9 Å². The van der Waals surface area contributed by atoms with Gasteiger partial charge in [-0.2, -0.15) is 0 Å². The molecule has 0 saturated heterocycles. The first-order valence-electron chi connectivity index (χ1n) is 11.9. The first kappa shape index (κ1) is 27.8. The summed E-state index contributed by atoms with van der Waals surface area (Å²) in [5.74, 6) is 0.815. The number of nitrogens with one attached hydrogen (secondary N) is 1. The number of anilines is 2. The molecule has 3 heterocycles. The van der Waals surface area contributed by atoms with Gasteiger partial charge in [0.15, 0.2) is 30.1 Å². The SMILES string of the molecule is CC(C)C[C@H](CO[Si](C)(C)C(C)(C)C)Nc1nc(SC(C)c2ncccc2F)nc2nc(N)sc12. The van der Waals surface area contributed by atoms with Gasteiger partial charge in [0.2, 0.25) is 0 Å². The van der Waals surface area contributed by atoms with Gasteiger partial charge in [-0.25, -0.2) is 19.3 Å². The lowest BCUT2D eigenvalue weighted by Gasteiger charge is -2.37. The highest BCUT2D eigenvalue weighted by Gasteiger charge is 2.37. The van der Waals surface area contributed by atoms with Crippen LogP contribution >= 0.6 is 23.1 Å². The van der Waals surface area contributed by atoms with E-state index in [1.807, 2.05) is 6.92 Å². The number of pyridine rings is 1. The van der Waals surface area contributed by atoms with Crippen molar-refractivity contribution in [2.45, 2.75) is 82.5 Å². The van der Waals surface area contributed by atoms with Gasteiger partial charge in [0.1, 0.15) is 10.5 Å². The van der Waals surface area contributed by atoms with Gasteiger partial charge in [0.25, 0.3) is 0 Å². The summed E-state index contributed by atoms with van der Waals surface area (Å²) in [5.41, 5.74) is 6.93. The molecule has 0 fully saturated rings. The normalized spacial score (nSPS) is 14.5. The Balaban J connectivity index is 1.89. The van der Waals surface area contributed by atoms with Gasteiger partial charge in [-0.15, -0.1) is 0 Å². The third kappa shape index (κ3) is 7.11. The van der Waals surface area contributed by atoms with Gasteiger partial charge >= 0.3 is 0 Å². The van der Waals surface area contributed by atoms with Crippen LogP contribution in [0.3, 0.4) is 0 Å². The minimum atomic E-state index is -1.91. The maximum atomic E-state index is 14.3. The Hall–Kier alpha value is -1.82. The maximum absolute atomic E-state index is 14.3. The molecular weight excluding hydrogens is 500 g/mol. The highest BCUT2D eigenvalue weighted by atomic mass is 32.2. The second-order valence-corrected chi connectivity index (χ2v) is 17.9. The third-order valence-corrected chi connectivity index (χ3v) is 12.6. The van der Waals surface area contributed by atoms with Gasteiger partial charge < -0.3 is 15.5 Å². The zero-order valence-corrected chi connectivity index (χ0v) is 24.5. The molecule has 3 N–H and O–H groups in total. The van der Waals surface area contributed by atoms with Crippen LogP contribution in [0.25, 0.3) is 10.3 Å². The van der Waals surface area contributed by atoms with Crippen molar-refractivity contribution in [2.24, 2.45) is 5.92 Å². The summed E-state index contributed by atoms with van der Waals surface area (Å²) >= 11 is 2.71. The van der Waals surface area contributed by atoms with Crippen LogP contribution < -0.4 is 11.1 Å². The Morgan fingerprint density at radius 2 is 1.91 bits per heavy atom.